The molecule has 4 nitrogen and oxygen atoms in total. The fraction of sp³-hybridized carbons (Fsp3) is 0.188. The van der Waals surface area contributed by atoms with E-state index in [0.717, 1.165) is 11.3 Å². The predicted octanol–water partition coefficient (Wildman–Crippen LogP) is 3.71. The first kappa shape index (κ1) is 15.2. The Kier molecular flexibility index (Phi) is 5.06. The van der Waals surface area contributed by atoms with Crippen LogP contribution in [0.1, 0.15) is 15.9 Å². The monoisotopic (exact) mass is 306 g/mol. The van der Waals surface area contributed by atoms with E-state index >= 15 is 0 Å². The molecule has 0 aliphatic heterocycles. The molecular formula is C16H15ClO4. The fourth-order valence-electron chi connectivity index (χ4n) is 1.78. The van der Waals surface area contributed by atoms with E-state index in [2.05, 4.69) is 0 Å². The van der Waals surface area contributed by atoms with Gasteiger partial charge in [-0.15, -0.1) is 0 Å². The van der Waals surface area contributed by atoms with Crippen LogP contribution < -0.4 is 9.47 Å². The number of methoxy groups -OCH3 is 2. The van der Waals surface area contributed by atoms with Crippen LogP contribution in [0.25, 0.3) is 0 Å². The molecule has 0 aliphatic carbocycles. The summed E-state index contributed by atoms with van der Waals surface area (Å²) in [5.41, 5.74) is 1.22. The molecule has 0 heterocycles. The Morgan fingerprint density at radius 2 is 1.76 bits per heavy atom. The van der Waals surface area contributed by atoms with Crippen LogP contribution in [0, 0.1) is 0 Å². The lowest BCUT2D eigenvalue weighted by molar-refractivity contribution is 0.0469. The second kappa shape index (κ2) is 6.99. The third-order valence-corrected chi connectivity index (χ3v) is 3.15. The van der Waals surface area contributed by atoms with Gasteiger partial charge in [-0.1, -0.05) is 23.7 Å². The molecule has 2 aromatic rings. The minimum absolute atomic E-state index is 0.175. The highest BCUT2D eigenvalue weighted by Crippen LogP contribution is 2.24. The number of carbonyl (C=O) groups excluding carboxylic acids is 1. The van der Waals surface area contributed by atoms with E-state index in [9.17, 15) is 4.79 Å². The molecule has 0 atom stereocenters. The zero-order valence-corrected chi connectivity index (χ0v) is 12.5. The molecule has 0 aromatic heterocycles. The molecule has 0 saturated carbocycles. The quantitative estimate of drug-likeness (QED) is 0.790. The second-order valence-corrected chi connectivity index (χ2v) is 4.71. The van der Waals surface area contributed by atoms with Crippen LogP contribution in [0.15, 0.2) is 42.5 Å². The highest BCUT2D eigenvalue weighted by molar-refractivity contribution is 6.30. The molecule has 0 amide bonds. The standard InChI is InChI=1S/C16H15ClO4/c1-19-13-6-3-11(4-7-13)10-21-16(18)14-8-5-12(17)9-15(14)20-2/h3-9H,10H2,1-2H3. The number of rotatable bonds is 5. The van der Waals surface area contributed by atoms with Crippen LogP contribution in [-0.4, -0.2) is 20.2 Å². The number of benzene rings is 2. The Morgan fingerprint density at radius 3 is 2.38 bits per heavy atom. The predicted molar refractivity (Wildman–Crippen MR) is 80.1 cm³/mol. The van der Waals surface area contributed by atoms with Crippen LogP contribution in [0.4, 0.5) is 0 Å². The number of ether oxygens (including phenoxy) is 3. The largest absolute Gasteiger partial charge is 0.497 e. The van der Waals surface area contributed by atoms with Crippen molar-refractivity contribution >= 4 is 17.6 Å². The first-order chi connectivity index (χ1) is 10.1. The van der Waals surface area contributed by atoms with Crippen molar-refractivity contribution < 1.29 is 19.0 Å². The lowest BCUT2D eigenvalue weighted by Gasteiger charge is -2.09. The minimum Gasteiger partial charge on any atom is -0.497 e. The van der Waals surface area contributed by atoms with Gasteiger partial charge in [0, 0.05) is 5.02 Å². The Labute approximate surface area is 128 Å². The molecule has 0 unspecified atom stereocenters. The Morgan fingerprint density at radius 1 is 1.05 bits per heavy atom. The van der Waals surface area contributed by atoms with E-state index in [-0.39, 0.29) is 6.61 Å². The van der Waals surface area contributed by atoms with Gasteiger partial charge in [0.25, 0.3) is 0 Å². The summed E-state index contributed by atoms with van der Waals surface area (Å²) < 4.78 is 15.5. The van der Waals surface area contributed by atoms with Crippen molar-refractivity contribution in [3.8, 4) is 11.5 Å². The van der Waals surface area contributed by atoms with E-state index in [0.29, 0.717) is 16.3 Å². The Bertz CT molecular complexity index is 623. The summed E-state index contributed by atoms with van der Waals surface area (Å²) in [5, 5.41) is 0.499. The number of esters is 1. The fourth-order valence-corrected chi connectivity index (χ4v) is 1.94. The molecule has 0 aliphatic rings. The van der Waals surface area contributed by atoms with Gasteiger partial charge >= 0.3 is 5.97 Å². The van der Waals surface area contributed by atoms with Gasteiger partial charge in [-0.25, -0.2) is 4.79 Å². The minimum atomic E-state index is -0.459. The van der Waals surface area contributed by atoms with Crippen LogP contribution in [0.5, 0.6) is 11.5 Å². The SMILES string of the molecule is COc1ccc(COC(=O)c2ccc(Cl)cc2OC)cc1. The lowest BCUT2D eigenvalue weighted by atomic mass is 10.2. The third kappa shape index (κ3) is 3.89. The maximum Gasteiger partial charge on any atom is 0.342 e. The molecule has 2 aromatic carbocycles. The summed E-state index contributed by atoms with van der Waals surface area (Å²) in [7, 11) is 3.08. The Hall–Kier alpha value is -2.20. The molecule has 0 spiro atoms. The van der Waals surface area contributed by atoms with E-state index in [1.807, 2.05) is 24.3 Å². The first-order valence-electron chi connectivity index (χ1n) is 6.27. The number of carbonyl (C=O) groups is 1. The zero-order chi connectivity index (χ0) is 15.2. The topological polar surface area (TPSA) is 44.8 Å². The van der Waals surface area contributed by atoms with Crippen molar-refractivity contribution in [3.63, 3.8) is 0 Å². The molecule has 0 radical (unpaired) electrons. The van der Waals surface area contributed by atoms with Gasteiger partial charge in [-0.2, -0.15) is 0 Å². The maximum atomic E-state index is 12.1. The highest BCUT2D eigenvalue weighted by atomic mass is 35.5. The van der Waals surface area contributed by atoms with Crippen LogP contribution in [-0.2, 0) is 11.3 Å². The van der Waals surface area contributed by atoms with Crippen LogP contribution in [0.2, 0.25) is 5.02 Å². The van der Waals surface area contributed by atoms with Gasteiger partial charge < -0.3 is 14.2 Å². The smallest absolute Gasteiger partial charge is 0.342 e. The van der Waals surface area contributed by atoms with E-state index in [4.69, 9.17) is 25.8 Å². The summed E-state index contributed by atoms with van der Waals surface area (Å²) in [5.74, 6) is 0.686. The van der Waals surface area contributed by atoms with Gasteiger partial charge in [0.1, 0.15) is 23.7 Å². The Balaban J connectivity index is 2.04. The maximum absolute atomic E-state index is 12.1. The van der Waals surface area contributed by atoms with Crippen LogP contribution >= 0.6 is 11.6 Å². The third-order valence-electron chi connectivity index (χ3n) is 2.91. The molecule has 0 bridgehead atoms. The summed E-state index contributed by atoms with van der Waals surface area (Å²) in [4.78, 5) is 12.1. The van der Waals surface area contributed by atoms with Crippen molar-refractivity contribution in [2.24, 2.45) is 0 Å². The molecule has 0 N–H and O–H groups in total. The molecule has 0 saturated heterocycles. The van der Waals surface area contributed by atoms with Gasteiger partial charge in [-0.05, 0) is 35.9 Å². The number of hydrogen-bond acceptors (Lipinski definition) is 4. The van der Waals surface area contributed by atoms with Crippen molar-refractivity contribution in [1.82, 2.24) is 0 Å². The van der Waals surface area contributed by atoms with Crippen molar-refractivity contribution in [1.29, 1.82) is 0 Å². The highest BCUT2D eigenvalue weighted by Gasteiger charge is 2.14. The number of halogens is 1. The second-order valence-electron chi connectivity index (χ2n) is 4.27. The van der Waals surface area contributed by atoms with Crippen LogP contribution in [0.3, 0.4) is 0 Å². The molecule has 0 fully saturated rings. The summed E-state index contributed by atoms with van der Waals surface area (Å²) >= 11 is 5.86. The molecule has 110 valence electrons. The van der Waals surface area contributed by atoms with Gasteiger partial charge in [-0.3, -0.25) is 0 Å². The lowest BCUT2D eigenvalue weighted by Crippen LogP contribution is -2.07. The average Bonchev–Trinajstić information content (AvgIpc) is 2.52. The van der Waals surface area contributed by atoms with E-state index < -0.39 is 5.97 Å². The average molecular weight is 307 g/mol. The zero-order valence-electron chi connectivity index (χ0n) is 11.8. The molecule has 21 heavy (non-hydrogen) atoms. The van der Waals surface area contributed by atoms with Crippen molar-refractivity contribution in [2.75, 3.05) is 14.2 Å². The van der Waals surface area contributed by atoms with Gasteiger partial charge in [0.2, 0.25) is 0 Å². The van der Waals surface area contributed by atoms with Gasteiger partial charge in [0.05, 0.1) is 14.2 Å². The molecule has 5 heteroatoms. The first-order valence-corrected chi connectivity index (χ1v) is 6.65. The normalized spacial score (nSPS) is 10.0. The molecular weight excluding hydrogens is 292 g/mol. The van der Waals surface area contributed by atoms with Crippen molar-refractivity contribution in [3.05, 3.63) is 58.6 Å². The number of hydrogen-bond donors (Lipinski definition) is 0. The summed E-state index contributed by atoms with van der Waals surface area (Å²) in [6.07, 6.45) is 0. The van der Waals surface area contributed by atoms with E-state index in [1.54, 1.807) is 25.3 Å². The van der Waals surface area contributed by atoms with E-state index in [1.165, 1.54) is 7.11 Å². The summed E-state index contributed by atoms with van der Waals surface area (Å²) in [6.45, 7) is 0.175. The van der Waals surface area contributed by atoms with Gasteiger partial charge in [0.15, 0.2) is 0 Å². The summed E-state index contributed by atoms with van der Waals surface area (Å²) in [6, 6.07) is 12.1. The van der Waals surface area contributed by atoms with Crippen molar-refractivity contribution in [2.45, 2.75) is 6.61 Å². The molecule has 2 rings (SSSR count).